The van der Waals surface area contributed by atoms with E-state index in [1.54, 1.807) is 0 Å². The lowest BCUT2D eigenvalue weighted by Crippen LogP contribution is -2.33. The number of aromatic nitrogens is 1. The van der Waals surface area contributed by atoms with E-state index in [0.29, 0.717) is 5.78 Å². The van der Waals surface area contributed by atoms with E-state index in [9.17, 15) is 4.79 Å². The molecule has 3 aliphatic carbocycles. The fourth-order valence-corrected chi connectivity index (χ4v) is 6.17. The molecule has 0 atom stereocenters. The van der Waals surface area contributed by atoms with Crippen molar-refractivity contribution in [1.82, 2.24) is 4.98 Å². The molecule has 0 saturated heterocycles. The third kappa shape index (κ3) is 3.17. The van der Waals surface area contributed by atoms with Crippen molar-refractivity contribution in [1.29, 1.82) is 0 Å². The van der Waals surface area contributed by atoms with E-state index in [1.165, 1.54) is 38.5 Å². The predicted octanol–water partition coefficient (Wildman–Crippen LogP) is 8.24. The highest BCUT2D eigenvalue weighted by molar-refractivity contribution is 6.14. The number of nitrogens with one attached hydrogen (secondary N) is 1. The highest BCUT2D eigenvalue weighted by Crippen LogP contribution is 2.55. The quantitative estimate of drug-likeness (QED) is 0.415. The predicted molar refractivity (Wildman–Crippen MR) is 136 cm³/mol. The number of hydrogen-bond acceptors (Lipinski definition) is 1. The summed E-state index contributed by atoms with van der Waals surface area (Å²) in [6.07, 6.45) is 5.14. The molecule has 1 aromatic heterocycles. The summed E-state index contributed by atoms with van der Waals surface area (Å²) in [5, 5.41) is 2.60. The molecule has 1 saturated carbocycles. The van der Waals surface area contributed by atoms with Gasteiger partial charge in [0, 0.05) is 27.3 Å². The molecule has 0 amide bonds. The topological polar surface area (TPSA) is 32.9 Å². The Hall–Kier alpha value is -2.09. The minimum absolute atomic E-state index is 0.0903. The average Bonchev–Trinajstić information content (AvgIpc) is 2.99. The van der Waals surface area contributed by atoms with Gasteiger partial charge in [-0.2, -0.15) is 0 Å². The average molecular weight is 430 g/mol. The van der Waals surface area contributed by atoms with Gasteiger partial charge < -0.3 is 4.98 Å². The van der Waals surface area contributed by atoms with E-state index in [2.05, 4.69) is 84.6 Å². The first-order valence-electron chi connectivity index (χ1n) is 12.4. The first kappa shape index (κ1) is 21.7. The van der Waals surface area contributed by atoms with Crippen molar-refractivity contribution < 1.29 is 4.79 Å². The standard InChI is InChI=1S/C30H39NO/c1-27(2,3)17-21-24-22(29(7)11-13-30(8,14-12-29)26(24)32)16-20-19-15-18(28(4,5)6)9-10-23(19)31-25(20)21/h9-10,15-16,31H,11-14,17H2,1-8H3. The molecular weight excluding hydrogens is 390 g/mol. The Labute approximate surface area is 193 Å². The van der Waals surface area contributed by atoms with Crippen LogP contribution >= 0.6 is 0 Å². The summed E-state index contributed by atoms with van der Waals surface area (Å²) in [6, 6.07) is 9.26. The van der Waals surface area contributed by atoms with E-state index >= 15 is 0 Å². The number of fused-ring (bicyclic) bond motifs is 5. The van der Waals surface area contributed by atoms with Crippen LogP contribution in [0.5, 0.6) is 0 Å². The van der Waals surface area contributed by atoms with Crippen LogP contribution in [0.2, 0.25) is 0 Å². The van der Waals surface area contributed by atoms with E-state index in [-0.39, 0.29) is 21.7 Å². The van der Waals surface area contributed by atoms with Crippen molar-refractivity contribution in [2.24, 2.45) is 10.8 Å². The lowest BCUT2D eigenvalue weighted by atomic mass is 9.65. The van der Waals surface area contributed by atoms with Gasteiger partial charge in [-0.3, -0.25) is 4.79 Å². The van der Waals surface area contributed by atoms with Crippen LogP contribution in [0.1, 0.15) is 108 Å². The maximum Gasteiger partial charge on any atom is 0.169 e. The lowest BCUT2D eigenvalue weighted by Gasteiger charge is -2.38. The molecule has 6 rings (SSSR count). The summed E-state index contributed by atoms with van der Waals surface area (Å²) >= 11 is 0. The zero-order valence-corrected chi connectivity index (χ0v) is 21.3. The van der Waals surface area contributed by atoms with Crippen LogP contribution in [0.25, 0.3) is 21.8 Å². The number of carbonyl (C=O) groups excluding carboxylic acids is 1. The molecule has 170 valence electrons. The first-order valence-corrected chi connectivity index (χ1v) is 12.4. The molecule has 2 heteroatoms. The molecule has 1 heterocycles. The van der Waals surface area contributed by atoms with Crippen molar-refractivity contribution in [3.05, 3.63) is 46.5 Å². The second kappa shape index (κ2) is 6.49. The van der Waals surface area contributed by atoms with Crippen LogP contribution in [-0.2, 0) is 17.3 Å². The summed E-state index contributed by atoms with van der Waals surface area (Å²) in [4.78, 5) is 17.9. The first-order chi connectivity index (χ1) is 14.7. The van der Waals surface area contributed by atoms with Gasteiger partial charge in [0.15, 0.2) is 5.78 Å². The van der Waals surface area contributed by atoms with Gasteiger partial charge in [0.25, 0.3) is 0 Å². The van der Waals surface area contributed by atoms with Gasteiger partial charge in [-0.1, -0.05) is 61.5 Å². The molecule has 0 spiro atoms. The zero-order valence-electron chi connectivity index (χ0n) is 21.3. The summed E-state index contributed by atoms with van der Waals surface area (Å²) in [6.45, 7) is 18.3. The van der Waals surface area contributed by atoms with Crippen LogP contribution in [0.3, 0.4) is 0 Å². The number of ketones is 1. The van der Waals surface area contributed by atoms with Gasteiger partial charge in [0.2, 0.25) is 0 Å². The highest BCUT2D eigenvalue weighted by Gasteiger charge is 2.49. The molecule has 0 radical (unpaired) electrons. The fraction of sp³-hybridized carbons (Fsp3) is 0.567. The summed E-state index contributed by atoms with van der Waals surface area (Å²) in [7, 11) is 0. The molecule has 3 aliphatic rings. The molecular formula is C30H39NO. The monoisotopic (exact) mass is 429 g/mol. The maximum atomic E-state index is 14.1. The molecule has 2 bridgehead atoms. The third-order valence-corrected chi connectivity index (χ3v) is 8.46. The van der Waals surface area contributed by atoms with Gasteiger partial charge in [-0.05, 0) is 83.2 Å². The second-order valence-corrected chi connectivity index (χ2v) is 13.5. The normalized spacial score (nSPS) is 26.1. The van der Waals surface area contributed by atoms with E-state index in [4.69, 9.17) is 0 Å². The van der Waals surface area contributed by atoms with Crippen molar-refractivity contribution in [3.8, 4) is 0 Å². The van der Waals surface area contributed by atoms with Crippen LogP contribution < -0.4 is 0 Å². The van der Waals surface area contributed by atoms with Crippen molar-refractivity contribution in [3.63, 3.8) is 0 Å². The number of carbonyl (C=O) groups is 1. The Balaban J connectivity index is 1.92. The number of benzene rings is 2. The van der Waals surface area contributed by atoms with Crippen LogP contribution in [0, 0.1) is 10.8 Å². The number of rotatable bonds is 1. The van der Waals surface area contributed by atoms with Gasteiger partial charge in [-0.15, -0.1) is 0 Å². The number of aromatic amines is 1. The maximum absolute atomic E-state index is 14.1. The van der Waals surface area contributed by atoms with Gasteiger partial charge in [0.1, 0.15) is 0 Å². The van der Waals surface area contributed by atoms with Crippen molar-refractivity contribution in [2.45, 2.75) is 98.3 Å². The van der Waals surface area contributed by atoms with E-state index < -0.39 is 0 Å². The molecule has 1 N–H and O–H groups in total. The molecule has 2 aromatic carbocycles. The van der Waals surface area contributed by atoms with Gasteiger partial charge >= 0.3 is 0 Å². The Morgan fingerprint density at radius 2 is 1.50 bits per heavy atom. The summed E-state index contributed by atoms with van der Waals surface area (Å²) < 4.78 is 0. The SMILES string of the molecule is CC(C)(C)Cc1c2c(cc3c1[nH]c1ccc(C(C)(C)C)cc13)C1(C)CCC(C)(CC1)C2=O. The Kier molecular flexibility index (Phi) is 4.41. The Morgan fingerprint density at radius 3 is 2.09 bits per heavy atom. The minimum Gasteiger partial charge on any atom is -0.354 e. The lowest BCUT2D eigenvalue weighted by molar-refractivity contribution is 0.0731. The van der Waals surface area contributed by atoms with E-state index in [1.807, 2.05) is 0 Å². The van der Waals surface area contributed by atoms with Crippen LogP contribution in [0.4, 0.5) is 0 Å². The third-order valence-electron chi connectivity index (χ3n) is 8.46. The summed E-state index contributed by atoms with van der Waals surface area (Å²) in [5.41, 5.74) is 7.42. The smallest absolute Gasteiger partial charge is 0.169 e. The van der Waals surface area contributed by atoms with Crippen molar-refractivity contribution in [2.75, 3.05) is 0 Å². The molecule has 0 aliphatic heterocycles. The second-order valence-electron chi connectivity index (χ2n) is 13.5. The van der Waals surface area contributed by atoms with Crippen LogP contribution in [-0.4, -0.2) is 10.8 Å². The number of hydrogen-bond donors (Lipinski definition) is 1. The molecule has 0 unspecified atom stereocenters. The van der Waals surface area contributed by atoms with Gasteiger partial charge in [-0.25, -0.2) is 0 Å². The highest BCUT2D eigenvalue weighted by atomic mass is 16.1. The van der Waals surface area contributed by atoms with Gasteiger partial charge in [0.05, 0.1) is 5.52 Å². The Bertz CT molecular complexity index is 1250. The van der Waals surface area contributed by atoms with Crippen LogP contribution in [0.15, 0.2) is 24.3 Å². The number of Topliss-reactive ketones (excluding diaryl/α,β-unsaturated/α-hetero) is 1. The minimum atomic E-state index is -0.212. The number of H-pyrrole nitrogens is 1. The molecule has 3 aromatic rings. The molecule has 32 heavy (non-hydrogen) atoms. The zero-order chi connectivity index (χ0) is 23.3. The largest absolute Gasteiger partial charge is 0.354 e. The molecule has 2 nitrogen and oxygen atoms in total. The fourth-order valence-electron chi connectivity index (χ4n) is 6.17. The summed E-state index contributed by atoms with van der Waals surface area (Å²) in [5.74, 6) is 0.393. The Morgan fingerprint density at radius 1 is 0.875 bits per heavy atom. The van der Waals surface area contributed by atoms with E-state index in [0.717, 1.165) is 37.7 Å². The molecule has 1 fully saturated rings. The van der Waals surface area contributed by atoms with Crippen molar-refractivity contribution >= 4 is 27.6 Å².